The van der Waals surface area contributed by atoms with E-state index in [4.69, 9.17) is 16.3 Å². The van der Waals surface area contributed by atoms with Crippen LogP contribution in [0.2, 0.25) is 5.02 Å². The fourth-order valence-electron chi connectivity index (χ4n) is 2.81. The normalized spacial score (nSPS) is 19.6. The lowest BCUT2D eigenvalue weighted by Crippen LogP contribution is -2.47. The van der Waals surface area contributed by atoms with Crippen LogP contribution in [-0.2, 0) is 19.4 Å². The summed E-state index contributed by atoms with van der Waals surface area (Å²) < 4.78 is 28.4. The third kappa shape index (κ3) is 5.60. The van der Waals surface area contributed by atoms with E-state index in [1.54, 1.807) is 19.1 Å². The zero-order valence-electron chi connectivity index (χ0n) is 15.0. The molecule has 2 amide bonds. The van der Waals surface area contributed by atoms with Gasteiger partial charge in [-0.15, -0.1) is 0 Å². The Morgan fingerprint density at radius 1 is 1.27 bits per heavy atom. The van der Waals surface area contributed by atoms with Crippen LogP contribution in [0.15, 0.2) is 12.1 Å². The van der Waals surface area contributed by atoms with E-state index in [-0.39, 0.29) is 23.8 Å². The monoisotopic (exact) mass is 402 g/mol. The van der Waals surface area contributed by atoms with Crippen LogP contribution >= 0.6 is 11.6 Å². The number of nitrogens with one attached hydrogen (secondary N) is 2. The molecule has 144 valence electrons. The Kier molecular flexibility index (Phi) is 6.52. The van der Waals surface area contributed by atoms with E-state index in [0.29, 0.717) is 17.2 Å². The van der Waals surface area contributed by atoms with Crippen LogP contribution in [0.1, 0.15) is 30.9 Å². The fourth-order valence-corrected chi connectivity index (χ4v) is 4.78. The quantitative estimate of drug-likeness (QED) is 0.730. The van der Waals surface area contributed by atoms with Crippen LogP contribution in [-0.4, -0.2) is 37.8 Å². The zero-order valence-corrected chi connectivity index (χ0v) is 16.5. The van der Waals surface area contributed by atoms with Gasteiger partial charge in [0.25, 0.3) is 5.91 Å². The second-order valence-corrected chi connectivity index (χ2v) is 9.25. The van der Waals surface area contributed by atoms with Crippen molar-refractivity contribution in [3.8, 4) is 5.75 Å². The van der Waals surface area contributed by atoms with Gasteiger partial charge in [-0.3, -0.25) is 20.4 Å². The van der Waals surface area contributed by atoms with Crippen LogP contribution in [0, 0.1) is 19.8 Å². The van der Waals surface area contributed by atoms with E-state index in [1.807, 2.05) is 13.8 Å². The second-order valence-electron chi connectivity index (χ2n) is 6.64. The molecular formula is C17H23ClN2O5S. The van der Waals surface area contributed by atoms with Gasteiger partial charge in [0.1, 0.15) is 5.75 Å². The number of hydrogen-bond donors (Lipinski definition) is 2. The number of aryl methyl sites for hydroxylation is 2. The highest BCUT2D eigenvalue weighted by molar-refractivity contribution is 7.91. The number of benzene rings is 1. The standard InChI is InChI=1S/C17H23ClN2O5S/c1-10-6-14(7-11(2)16(10)18)25-12(3)17(22)20-19-15(21)8-13-4-5-26(23,24)9-13/h6-7,12-13H,4-5,8-9H2,1-3H3,(H,19,21)(H,20,22)/t12-,13-/m0/s1. The summed E-state index contributed by atoms with van der Waals surface area (Å²) in [7, 11) is -3.03. The van der Waals surface area contributed by atoms with Gasteiger partial charge >= 0.3 is 0 Å². The number of ether oxygens (including phenoxy) is 1. The average molecular weight is 403 g/mol. The largest absolute Gasteiger partial charge is 0.481 e. The predicted molar refractivity (Wildman–Crippen MR) is 98.7 cm³/mol. The van der Waals surface area contributed by atoms with E-state index in [0.717, 1.165) is 11.1 Å². The van der Waals surface area contributed by atoms with Gasteiger partial charge in [0.15, 0.2) is 15.9 Å². The summed E-state index contributed by atoms with van der Waals surface area (Å²) in [4.78, 5) is 23.9. The Morgan fingerprint density at radius 2 is 1.88 bits per heavy atom. The first-order valence-electron chi connectivity index (χ1n) is 8.30. The molecule has 0 spiro atoms. The van der Waals surface area contributed by atoms with Crippen molar-refractivity contribution in [1.29, 1.82) is 0 Å². The zero-order chi connectivity index (χ0) is 19.5. The summed E-state index contributed by atoms with van der Waals surface area (Å²) in [6.07, 6.45) is -0.301. The second kappa shape index (κ2) is 8.26. The lowest BCUT2D eigenvalue weighted by atomic mass is 10.1. The maximum absolute atomic E-state index is 12.1. The SMILES string of the molecule is Cc1cc(O[C@@H](C)C(=O)NNC(=O)C[C@@H]2CCS(=O)(=O)C2)cc(C)c1Cl. The van der Waals surface area contributed by atoms with Crippen molar-refractivity contribution in [2.45, 2.75) is 39.7 Å². The van der Waals surface area contributed by atoms with Crippen LogP contribution in [0.25, 0.3) is 0 Å². The van der Waals surface area contributed by atoms with Gasteiger partial charge in [-0.25, -0.2) is 8.42 Å². The molecule has 1 aliphatic heterocycles. The molecule has 1 aliphatic rings. The molecule has 0 aliphatic carbocycles. The summed E-state index contributed by atoms with van der Waals surface area (Å²) in [5.41, 5.74) is 6.28. The number of carbonyl (C=O) groups excluding carboxylic acids is 2. The van der Waals surface area contributed by atoms with Crippen molar-refractivity contribution in [2.24, 2.45) is 5.92 Å². The van der Waals surface area contributed by atoms with Gasteiger partial charge < -0.3 is 4.74 Å². The molecule has 1 saturated heterocycles. The molecule has 0 bridgehead atoms. The highest BCUT2D eigenvalue weighted by Gasteiger charge is 2.29. The number of hydrazine groups is 1. The summed E-state index contributed by atoms with van der Waals surface area (Å²) in [6, 6.07) is 3.47. The van der Waals surface area contributed by atoms with Crippen LogP contribution in [0.5, 0.6) is 5.75 Å². The Labute approximate surface area is 158 Å². The lowest BCUT2D eigenvalue weighted by Gasteiger charge is -2.17. The molecule has 1 aromatic carbocycles. The molecule has 0 aromatic heterocycles. The Balaban J connectivity index is 1.81. The van der Waals surface area contributed by atoms with E-state index < -0.39 is 27.8 Å². The molecule has 2 atom stereocenters. The van der Waals surface area contributed by atoms with E-state index in [2.05, 4.69) is 10.9 Å². The van der Waals surface area contributed by atoms with Crippen molar-refractivity contribution < 1.29 is 22.7 Å². The molecule has 0 saturated carbocycles. The number of rotatable bonds is 5. The van der Waals surface area contributed by atoms with Crippen LogP contribution < -0.4 is 15.6 Å². The highest BCUT2D eigenvalue weighted by Crippen LogP contribution is 2.26. The molecule has 1 aromatic rings. The molecule has 1 fully saturated rings. The summed E-state index contributed by atoms with van der Waals surface area (Å²) in [6.45, 7) is 5.25. The van der Waals surface area contributed by atoms with Gasteiger partial charge in [-0.1, -0.05) is 11.6 Å². The van der Waals surface area contributed by atoms with Gasteiger partial charge in [0.2, 0.25) is 5.91 Å². The molecular weight excluding hydrogens is 380 g/mol. The van der Waals surface area contributed by atoms with Gasteiger partial charge in [-0.2, -0.15) is 0 Å². The highest BCUT2D eigenvalue weighted by atomic mass is 35.5. The fraction of sp³-hybridized carbons (Fsp3) is 0.529. The summed E-state index contributed by atoms with van der Waals surface area (Å²) >= 11 is 6.10. The lowest BCUT2D eigenvalue weighted by molar-refractivity contribution is -0.133. The Hall–Kier alpha value is -1.80. The van der Waals surface area contributed by atoms with Crippen LogP contribution in [0.3, 0.4) is 0 Å². The number of sulfone groups is 1. The minimum atomic E-state index is -3.03. The smallest absolute Gasteiger partial charge is 0.279 e. The molecule has 9 heteroatoms. The number of hydrogen-bond acceptors (Lipinski definition) is 5. The molecule has 0 radical (unpaired) electrons. The van der Waals surface area contributed by atoms with Crippen molar-refractivity contribution >= 4 is 33.3 Å². The van der Waals surface area contributed by atoms with E-state index in [1.165, 1.54) is 0 Å². The molecule has 2 rings (SSSR count). The molecule has 1 heterocycles. The first-order valence-corrected chi connectivity index (χ1v) is 10.5. The number of amides is 2. The molecule has 7 nitrogen and oxygen atoms in total. The van der Waals surface area contributed by atoms with Crippen molar-refractivity contribution in [3.05, 3.63) is 28.3 Å². The third-order valence-corrected chi connectivity index (χ3v) is 6.65. The maximum atomic E-state index is 12.1. The summed E-state index contributed by atoms with van der Waals surface area (Å²) in [5.74, 6) is -0.501. The van der Waals surface area contributed by atoms with Crippen molar-refractivity contribution in [1.82, 2.24) is 10.9 Å². The summed E-state index contributed by atoms with van der Waals surface area (Å²) in [5, 5.41) is 0.649. The van der Waals surface area contributed by atoms with Gasteiger partial charge in [-0.05, 0) is 56.4 Å². The molecule has 2 N–H and O–H groups in total. The third-order valence-electron chi connectivity index (χ3n) is 4.22. The van der Waals surface area contributed by atoms with E-state index >= 15 is 0 Å². The van der Waals surface area contributed by atoms with Crippen molar-refractivity contribution in [2.75, 3.05) is 11.5 Å². The predicted octanol–water partition coefficient (Wildman–Crippen LogP) is 1.70. The molecule has 26 heavy (non-hydrogen) atoms. The average Bonchev–Trinajstić information content (AvgIpc) is 2.88. The minimum Gasteiger partial charge on any atom is -0.481 e. The van der Waals surface area contributed by atoms with Crippen LogP contribution in [0.4, 0.5) is 0 Å². The maximum Gasteiger partial charge on any atom is 0.279 e. The number of halogens is 1. The van der Waals surface area contributed by atoms with Crippen molar-refractivity contribution in [3.63, 3.8) is 0 Å². The van der Waals surface area contributed by atoms with E-state index in [9.17, 15) is 18.0 Å². The first kappa shape index (κ1) is 20.5. The number of carbonyl (C=O) groups is 2. The topological polar surface area (TPSA) is 102 Å². The Bertz CT molecular complexity index is 786. The van der Waals surface area contributed by atoms with Gasteiger partial charge in [0.05, 0.1) is 11.5 Å². The van der Waals surface area contributed by atoms with Gasteiger partial charge in [0, 0.05) is 11.4 Å². The Morgan fingerprint density at radius 3 is 2.42 bits per heavy atom. The first-order chi connectivity index (χ1) is 12.1. The minimum absolute atomic E-state index is 0.0170. The molecule has 0 unspecified atom stereocenters.